The van der Waals surface area contributed by atoms with Crippen LogP contribution in [0.5, 0.6) is 5.75 Å². The second-order valence-corrected chi connectivity index (χ2v) is 4.88. The smallest absolute Gasteiger partial charge is 0.341 e. The molecule has 1 atom stereocenters. The molecule has 1 aromatic carbocycles. The molecule has 0 bridgehead atoms. The fraction of sp³-hybridized carbons (Fsp3) is 0.375. The number of hydrogen-bond donors (Lipinski definition) is 2. The van der Waals surface area contributed by atoms with Crippen molar-refractivity contribution in [3.05, 3.63) is 30.0 Å². The third kappa shape index (κ3) is 3.46. The highest BCUT2D eigenvalue weighted by atomic mass is 16.5. The van der Waals surface area contributed by atoms with Crippen LogP contribution in [-0.4, -0.2) is 42.4 Å². The van der Waals surface area contributed by atoms with Gasteiger partial charge in [0.25, 0.3) is 0 Å². The molecule has 0 unspecified atom stereocenters. The Kier molecular flexibility index (Phi) is 5.16. The van der Waals surface area contributed by atoms with E-state index < -0.39 is 12.1 Å². The van der Waals surface area contributed by atoms with Crippen LogP contribution in [0.3, 0.4) is 0 Å². The van der Waals surface area contributed by atoms with Crippen molar-refractivity contribution in [2.24, 2.45) is 0 Å². The highest BCUT2D eigenvalue weighted by Crippen LogP contribution is 2.29. The predicted octanol–water partition coefficient (Wildman–Crippen LogP) is 2.21. The van der Waals surface area contributed by atoms with Crippen molar-refractivity contribution in [3.8, 4) is 5.75 Å². The molecule has 0 aliphatic heterocycles. The van der Waals surface area contributed by atoms with E-state index in [1.54, 1.807) is 33.1 Å². The van der Waals surface area contributed by atoms with E-state index in [9.17, 15) is 9.90 Å². The van der Waals surface area contributed by atoms with Gasteiger partial charge >= 0.3 is 5.97 Å². The molecule has 1 heterocycles. The lowest BCUT2D eigenvalue weighted by Crippen LogP contribution is -2.18. The molecule has 0 saturated carbocycles. The first kappa shape index (κ1) is 16.0. The summed E-state index contributed by atoms with van der Waals surface area (Å²) in [5.41, 5.74) is 1.65. The average Bonchev–Trinajstić information content (AvgIpc) is 2.51. The van der Waals surface area contributed by atoms with Gasteiger partial charge in [-0.05, 0) is 32.0 Å². The third-order valence-electron chi connectivity index (χ3n) is 3.14. The van der Waals surface area contributed by atoms with E-state index in [2.05, 4.69) is 10.3 Å². The molecular weight excluding hydrogens is 284 g/mol. The quantitative estimate of drug-likeness (QED) is 0.796. The van der Waals surface area contributed by atoms with Gasteiger partial charge in [0.15, 0.2) is 0 Å². The van der Waals surface area contributed by atoms with Gasteiger partial charge in [-0.25, -0.2) is 4.79 Å². The summed E-state index contributed by atoms with van der Waals surface area (Å²) in [6, 6.07) is 5.42. The number of fused-ring (bicyclic) bond motifs is 1. The van der Waals surface area contributed by atoms with E-state index in [0.717, 1.165) is 10.9 Å². The SMILES string of the molecule is CCOC(=O)c1cnc2ccc(OC)cc2c1NC[C@H](C)O. The Morgan fingerprint density at radius 1 is 1.45 bits per heavy atom. The number of aliphatic hydroxyl groups excluding tert-OH is 1. The van der Waals surface area contributed by atoms with Crippen LogP contribution < -0.4 is 10.1 Å². The van der Waals surface area contributed by atoms with Crippen molar-refractivity contribution in [3.63, 3.8) is 0 Å². The largest absolute Gasteiger partial charge is 0.497 e. The molecule has 0 saturated heterocycles. The topological polar surface area (TPSA) is 80.7 Å². The number of carbonyl (C=O) groups is 1. The average molecular weight is 304 g/mol. The Balaban J connectivity index is 2.57. The zero-order valence-electron chi connectivity index (χ0n) is 12.9. The Morgan fingerprint density at radius 3 is 2.86 bits per heavy atom. The molecule has 0 amide bonds. The number of nitrogens with zero attached hydrogens (tertiary/aromatic N) is 1. The molecule has 2 aromatic rings. The summed E-state index contributed by atoms with van der Waals surface area (Å²) in [5.74, 6) is 0.211. The first-order valence-electron chi connectivity index (χ1n) is 7.12. The summed E-state index contributed by atoms with van der Waals surface area (Å²) >= 11 is 0. The normalized spacial score (nSPS) is 12.0. The van der Waals surface area contributed by atoms with Gasteiger partial charge in [-0.2, -0.15) is 0 Å². The summed E-state index contributed by atoms with van der Waals surface area (Å²) in [4.78, 5) is 16.4. The van der Waals surface area contributed by atoms with E-state index in [1.807, 2.05) is 6.07 Å². The number of aromatic nitrogens is 1. The van der Waals surface area contributed by atoms with Crippen LogP contribution in [-0.2, 0) is 4.74 Å². The summed E-state index contributed by atoms with van der Waals surface area (Å²) in [7, 11) is 1.58. The third-order valence-corrected chi connectivity index (χ3v) is 3.14. The number of nitrogens with one attached hydrogen (secondary N) is 1. The molecule has 6 heteroatoms. The second-order valence-electron chi connectivity index (χ2n) is 4.88. The first-order valence-corrected chi connectivity index (χ1v) is 7.12. The number of benzene rings is 1. The van der Waals surface area contributed by atoms with E-state index >= 15 is 0 Å². The molecule has 0 aliphatic carbocycles. The second kappa shape index (κ2) is 7.09. The van der Waals surface area contributed by atoms with Crippen molar-refractivity contribution in [2.45, 2.75) is 20.0 Å². The summed E-state index contributed by atoms with van der Waals surface area (Å²) < 4.78 is 10.3. The van der Waals surface area contributed by atoms with Crippen LogP contribution in [0, 0.1) is 0 Å². The van der Waals surface area contributed by atoms with Crippen LogP contribution in [0.25, 0.3) is 10.9 Å². The highest BCUT2D eigenvalue weighted by Gasteiger charge is 2.17. The summed E-state index contributed by atoms with van der Waals surface area (Å²) in [6.45, 7) is 4.01. The van der Waals surface area contributed by atoms with Crippen LogP contribution >= 0.6 is 0 Å². The van der Waals surface area contributed by atoms with E-state index in [-0.39, 0.29) is 6.61 Å². The van der Waals surface area contributed by atoms with Gasteiger partial charge in [0, 0.05) is 18.1 Å². The molecule has 22 heavy (non-hydrogen) atoms. The predicted molar refractivity (Wildman–Crippen MR) is 84.4 cm³/mol. The number of carbonyl (C=O) groups excluding carboxylic acids is 1. The zero-order valence-corrected chi connectivity index (χ0v) is 12.9. The lowest BCUT2D eigenvalue weighted by atomic mass is 10.1. The van der Waals surface area contributed by atoms with E-state index in [0.29, 0.717) is 23.5 Å². The molecule has 0 radical (unpaired) electrons. The Hall–Kier alpha value is -2.34. The summed E-state index contributed by atoms with van der Waals surface area (Å²) in [6.07, 6.45) is 0.931. The molecule has 1 aromatic heterocycles. The number of pyridine rings is 1. The molecule has 0 aliphatic rings. The molecular formula is C16H20N2O4. The Bertz CT molecular complexity index is 670. The lowest BCUT2D eigenvalue weighted by molar-refractivity contribution is 0.0527. The van der Waals surface area contributed by atoms with Gasteiger partial charge in [-0.1, -0.05) is 0 Å². The fourth-order valence-electron chi connectivity index (χ4n) is 2.10. The molecule has 2 N–H and O–H groups in total. The number of ether oxygens (including phenoxy) is 2. The van der Waals surface area contributed by atoms with Gasteiger partial charge in [0.2, 0.25) is 0 Å². The van der Waals surface area contributed by atoms with Crippen molar-refractivity contribution in [2.75, 3.05) is 25.6 Å². The van der Waals surface area contributed by atoms with Gasteiger partial charge in [0.1, 0.15) is 11.3 Å². The van der Waals surface area contributed by atoms with Crippen molar-refractivity contribution in [1.29, 1.82) is 0 Å². The fourth-order valence-corrected chi connectivity index (χ4v) is 2.10. The molecule has 6 nitrogen and oxygen atoms in total. The number of anilines is 1. The molecule has 0 spiro atoms. The zero-order chi connectivity index (χ0) is 16.1. The van der Waals surface area contributed by atoms with Gasteiger partial charge in [0.05, 0.1) is 31.0 Å². The molecule has 0 fully saturated rings. The van der Waals surface area contributed by atoms with Gasteiger partial charge in [-0.3, -0.25) is 4.98 Å². The van der Waals surface area contributed by atoms with Crippen LogP contribution in [0.2, 0.25) is 0 Å². The summed E-state index contributed by atoms with van der Waals surface area (Å²) in [5, 5.41) is 13.3. The Labute approximate surface area is 129 Å². The standard InChI is InChI=1S/C16H20N2O4/c1-4-22-16(20)13-9-17-14-6-5-11(21-3)7-12(14)15(13)18-8-10(2)19/h5-7,9-10,19H,4,8H2,1-3H3,(H,17,18)/t10-/m0/s1. The maximum absolute atomic E-state index is 12.1. The molecule has 118 valence electrons. The van der Waals surface area contributed by atoms with Crippen molar-refractivity contribution in [1.82, 2.24) is 4.98 Å². The monoisotopic (exact) mass is 304 g/mol. The van der Waals surface area contributed by atoms with Crippen LogP contribution in [0.15, 0.2) is 24.4 Å². The van der Waals surface area contributed by atoms with Crippen LogP contribution in [0.4, 0.5) is 5.69 Å². The Morgan fingerprint density at radius 2 is 2.23 bits per heavy atom. The van der Waals surface area contributed by atoms with E-state index in [4.69, 9.17) is 9.47 Å². The lowest BCUT2D eigenvalue weighted by Gasteiger charge is -2.15. The maximum Gasteiger partial charge on any atom is 0.341 e. The number of hydrogen-bond acceptors (Lipinski definition) is 6. The highest BCUT2D eigenvalue weighted by molar-refractivity contribution is 6.05. The molecule has 2 rings (SSSR count). The maximum atomic E-state index is 12.1. The first-order chi connectivity index (χ1) is 10.6. The van der Waals surface area contributed by atoms with Crippen LogP contribution in [0.1, 0.15) is 24.2 Å². The van der Waals surface area contributed by atoms with Gasteiger partial charge in [-0.15, -0.1) is 0 Å². The van der Waals surface area contributed by atoms with Crippen molar-refractivity contribution >= 4 is 22.6 Å². The number of methoxy groups -OCH3 is 1. The minimum atomic E-state index is -0.552. The number of rotatable bonds is 6. The minimum absolute atomic E-state index is 0.283. The van der Waals surface area contributed by atoms with Gasteiger partial charge < -0.3 is 19.9 Å². The number of aliphatic hydroxyl groups is 1. The van der Waals surface area contributed by atoms with E-state index in [1.165, 1.54) is 6.20 Å². The van der Waals surface area contributed by atoms with Crippen molar-refractivity contribution < 1.29 is 19.4 Å². The number of esters is 1. The minimum Gasteiger partial charge on any atom is -0.497 e.